The predicted molar refractivity (Wildman–Crippen MR) is 70.0 cm³/mol. The molecule has 3 heteroatoms. The summed E-state index contributed by atoms with van der Waals surface area (Å²) in [5.74, 6) is 0. The Labute approximate surface area is 102 Å². The van der Waals surface area contributed by atoms with Crippen LogP contribution in [0.1, 0.15) is 24.0 Å². The number of aryl methyl sites for hydroxylation is 2. The quantitative estimate of drug-likeness (QED) is 0.789. The molecule has 1 fully saturated rings. The summed E-state index contributed by atoms with van der Waals surface area (Å²) in [7, 11) is 0. The zero-order chi connectivity index (χ0) is 11.8. The van der Waals surface area contributed by atoms with Gasteiger partial charge in [0, 0.05) is 0 Å². The largest absolute Gasteiger partial charge is 0.317 e. The molecule has 0 aliphatic carbocycles. The highest BCUT2D eigenvalue weighted by Crippen LogP contribution is 2.19. The van der Waals surface area contributed by atoms with Crippen molar-refractivity contribution in [3.8, 4) is 0 Å². The highest BCUT2D eigenvalue weighted by atomic mass is 15.3. The molecule has 1 aromatic carbocycles. The average Bonchev–Trinajstić information content (AvgIpc) is 2.92. The second-order valence-electron chi connectivity index (χ2n) is 5.11. The Balaban J connectivity index is 1.96. The van der Waals surface area contributed by atoms with Crippen LogP contribution in [0.5, 0.6) is 0 Å². The Hall–Kier alpha value is -1.35. The topological polar surface area (TPSA) is 21.1 Å². The van der Waals surface area contributed by atoms with E-state index >= 15 is 0 Å². The molecule has 0 unspecified atom stereocenters. The minimum atomic E-state index is 0.985. The van der Waals surface area contributed by atoms with Gasteiger partial charge in [0.1, 0.15) is 0 Å². The number of rotatable bonds is 2. The van der Waals surface area contributed by atoms with Crippen LogP contribution in [-0.4, -0.2) is 27.5 Å². The first-order valence-electron chi connectivity index (χ1n) is 6.38. The van der Waals surface area contributed by atoms with Crippen LogP contribution >= 0.6 is 0 Å². The summed E-state index contributed by atoms with van der Waals surface area (Å²) in [5, 5.41) is 0. The third kappa shape index (κ3) is 1.95. The lowest BCUT2D eigenvalue weighted by molar-refractivity contribution is 0.274. The molecule has 2 heterocycles. The van der Waals surface area contributed by atoms with Gasteiger partial charge in [-0.1, -0.05) is 0 Å². The summed E-state index contributed by atoms with van der Waals surface area (Å²) in [5.41, 5.74) is 5.05. The number of hydrogen-bond acceptors (Lipinski definition) is 2. The zero-order valence-electron chi connectivity index (χ0n) is 10.6. The third-order valence-corrected chi connectivity index (χ3v) is 3.79. The lowest BCUT2D eigenvalue weighted by atomic mass is 10.1. The number of imidazole rings is 1. The Morgan fingerprint density at radius 1 is 1.12 bits per heavy atom. The average molecular weight is 229 g/mol. The fourth-order valence-electron chi connectivity index (χ4n) is 2.57. The van der Waals surface area contributed by atoms with Crippen LogP contribution in [0.3, 0.4) is 0 Å². The van der Waals surface area contributed by atoms with Gasteiger partial charge < -0.3 is 4.57 Å². The van der Waals surface area contributed by atoms with E-state index in [1.165, 1.54) is 42.6 Å². The highest BCUT2D eigenvalue weighted by molar-refractivity contribution is 5.77. The van der Waals surface area contributed by atoms with Crippen molar-refractivity contribution in [2.75, 3.05) is 13.1 Å². The third-order valence-electron chi connectivity index (χ3n) is 3.79. The molecule has 0 N–H and O–H groups in total. The number of aromatic nitrogens is 2. The van der Waals surface area contributed by atoms with Crippen LogP contribution in [0, 0.1) is 13.8 Å². The summed E-state index contributed by atoms with van der Waals surface area (Å²) in [6.45, 7) is 7.75. The molecule has 0 atom stereocenters. The van der Waals surface area contributed by atoms with Crippen molar-refractivity contribution in [2.24, 2.45) is 0 Å². The summed E-state index contributed by atoms with van der Waals surface area (Å²) in [6, 6.07) is 4.44. The van der Waals surface area contributed by atoms with Gasteiger partial charge in [-0.3, -0.25) is 4.90 Å². The van der Waals surface area contributed by atoms with Gasteiger partial charge in [0.05, 0.1) is 24.0 Å². The van der Waals surface area contributed by atoms with Crippen LogP contribution in [-0.2, 0) is 6.67 Å². The second-order valence-corrected chi connectivity index (χ2v) is 5.11. The fraction of sp³-hybridized carbons (Fsp3) is 0.500. The van der Waals surface area contributed by atoms with Crippen molar-refractivity contribution in [3.63, 3.8) is 0 Å². The Morgan fingerprint density at radius 2 is 1.82 bits per heavy atom. The number of fused-ring (bicyclic) bond motifs is 1. The lowest BCUT2D eigenvalue weighted by Crippen LogP contribution is -2.22. The molecule has 2 aromatic rings. The normalized spacial score (nSPS) is 17.1. The highest BCUT2D eigenvalue weighted by Gasteiger charge is 2.13. The number of nitrogens with zero attached hydrogens (tertiary/aromatic N) is 3. The Bertz CT molecular complexity index is 536. The maximum absolute atomic E-state index is 4.50. The molecule has 0 spiro atoms. The van der Waals surface area contributed by atoms with Crippen LogP contribution in [0.4, 0.5) is 0 Å². The summed E-state index contributed by atoms with van der Waals surface area (Å²) < 4.78 is 2.27. The minimum absolute atomic E-state index is 0.985. The molecule has 1 aliphatic heterocycles. The molecule has 0 amide bonds. The molecule has 0 saturated carbocycles. The lowest BCUT2D eigenvalue weighted by Gasteiger charge is -2.16. The van der Waals surface area contributed by atoms with E-state index in [1.54, 1.807) is 0 Å². The first-order valence-corrected chi connectivity index (χ1v) is 6.38. The van der Waals surface area contributed by atoms with E-state index in [1.807, 2.05) is 6.33 Å². The minimum Gasteiger partial charge on any atom is -0.317 e. The van der Waals surface area contributed by atoms with Crippen molar-refractivity contribution in [1.29, 1.82) is 0 Å². The van der Waals surface area contributed by atoms with Crippen molar-refractivity contribution >= 4 is 11.0 Å². The van der Waals surface area contributed by atoms with Crippen molar-refractivity contribution in [3.05, 3.63) is 29.6 Å². The van der Waals surface area contributed by atoms with Crippen LogP contribution < -0.4 is 0 Å². The molecular weight excluding hydrogens is 210 g/mol. The van der Waals surface area contributed by atoms with E-state index in [0.717, 1.165) is 12.2 Å². The predicted octanol–water partition coefficient (Wildman–Crippen LogP) is 2.71. The molecule has 3 rings (SSSR count). The van der Waals surface area contributed by atoms with E-state index in [4.69, 9.17) is 0 Å². The van der Waals surface area contributed by atoms with Gasteiger partial charge in [0.2, 0.25) is 0 Å². The maximum atomic E-state index is 4.50. The van der Waals surface area contributed by atoms with E-state index in [0.29, 0.717) is 0 Å². The molecule has 1 aliphatic rings. The Morgan fingerprint density at radius 3 is 2.59 bits per heavy atom. The van der Waals surface area contributed by atoms with Crippen molar-refractivity contribution < 1.29 is 0 Å². The summed E-state index contributed by atoms with van der Waals surface area (Å²) >= 11 is 0. The molecule has 17 heavy (non-hydrogen) atoms. The molecule has 1 aromatic heterocycles. The molecule has 0 bridgehead atoms. The van der Waals surface area contributed by atoms with E-state index in [9.17, 15) is 0 Å². The van der Waals surface area contributed by atoms with Gasteiger partial charge in [-0.05, 0) is 63.0 Å². The second kappa shape index (κ2) is 4.15. The number of benzene rings is 1. The van der Waals surface area contributed by atoms with Crippen molar-refractivity contribution in [2.45, 2.75) is 33.4 Å². The van der Waals surface area contributed by atoms with E-state index in [2.05, 4.69) is 40.4 Å². The summed E-state index contributed by atoms with van der Waals surface area (Å²) in [4.78, 5) is 7.00. The van der Waals surface area contributed by atoms with Gasteiger partial charge in [-0.15, -0.1) is 0 Å². The van der Waals surface area contributed by atoms with Crippen LogP contribution in [0.25, 0.3) is 11.0 Å². The molecule has 1 saturated heterocycles. The first kappa shape index (κ1) is 10.8. The van der Waals surface area contributed by atoms with Gasteiger partial charge >= 0.3 is 0 Å². The molecular formula is C14H19N3. The van der Waals surface area contributed by atoms with Crippen LogP contribution in [0.2, 0.25) is 0 Å². The standard InChI is InChI=1S/C14H19N3/c1-11-7-13-14(8-12(11)2)17(9-15-13)10-16-5-3-4-6-16/h7-9H,3-6,10H2,1-2H3. The van der Waals surface area contributed by atoms with Gasteiger partial charge in [0.15, 0.2) is 0 Å². The molecule has 90 valence electrons. The van der Waals surface area contributed by atoms with E-state index < -0.39 is 0 Å². The first-order chi connectivity index (χ1) is 8.24. The number of likely N-dealkylation sites (tertiary alicyclic amines) is 1. The fourth-order valence-corrected chi connectivity index (χ4v) is 2.57. The number of hydrogen-bond donors (Lipinski definition) is 0. The zero-order valence-corrected chi connectivity index (χ0v) is 10.6. The van der Waals surface area contributed by atoms with Gasteiger partial charge in [-0.2, -0.15) is 0 Å². The monoisotopic (exact) mass is 229 g/mol. The van der Waals surface area contributed by atoms with Gasteiger partial charge in [-0.25, -0.2) is 4.98 Å². The summed E-state index contributed by atoms with van der Waals surface area (Å²) in [6.07, 6.45) is 4.65. The Kier molecular flexibility index (Phi) is 2.63. The molecule has 0 radical (unpaired) electrons. The SMILES string of the molecule is Cc1cc2ncn(CN3CCCC3)c2cc1C. The van der Waals surface area contributed by atoms with Gasteiger partial charge in [0.25, 0.3) is 0 Å². The molecule has 3 nitrogen and oxygen atoms in total. The van der Waals surface area contributed by atoms with Crippen molar-refractivity contribution in [1.82, 2.24) is 14.5 Å². The smallest absolute Gasteiger partial charge is 0.0969 e. The van der Waals surface area contributed by atoms with E-state index in [-0.39, 0.29) is 0 Å². The van der Waals surface area contributed by atoms with Crippen LogP contribution in [0.15, 0.2) is 18.5 Å². The maximum Gasteiger partial charge on any atom is 0.0969 e.